The van der Waals surface area contributed by atoms with Gasteiger partial charge < -0.3 is 0 Å². The van der Waals surface area contributed by atoms with Gasteiger partial charge in [-0.3, -0.25) is 0 Å². The highest BCUT2D eigenvalue weighted by molar-refractivity contribution is 5.05. The van der Waals surface area contributed by atoms with Crippen molar-refractivity contribution >= 4 is 0 Å². The summed E-state index contributed by atoms with van der Waals surface area (Å²) >= 11 is 0. The first kappa shape index (κ1) is 15.5. The van der Waals surface area contributed by atoms with Crippen LogP contribution in [0.3, 0.4) is 0 Å². The Morgan fingerprint density at radius 2 is 1.45 bits per heavy atom. The van der Waals surface area contributed by atoms with Crippen LogP contribution in [-0.4, -0.2) is 9.97 Å². The molecule has 0 spiro atoms. The van der Waals surface area contributed by atoms with E-state index >= 15 is 0 Å². The minimum absolute atomic E-state index is 0.598. The third kappa shape index (κ3) is 5.22. The van der Waals surface area contributed by atoms with Gasteiger partial charge in [-0.25, -0.2) is 9.97 Å². The minimum Gasteiger partial charge on any atom is -0.241 e. The molecule has 0 radical (unpaired) electrons. The summed E-state index contributed by atoms with van der Waals surface area (Å²) in [5.74, 6) is 1.71. The van der Waals surface area contributed by atoms with Crippen molar-refractivity contribution < 1.29 is 0 Å². The van der Waals surface area contributed by atoms with Crippen molar-refractivity contribution in [3.05, 3.63) is 23.8 Å². The number of rotatable bonds is 2. The van der Waals surface area contributed by atoms with E-state index in [0.717, 1.165) is 12.2 Å². The zero-order chi connectivity index (χ0) is 14.0. The fourth-order valence-electron chi connectivity index (χ4n) is 3.23. The van der Waals surface area contributed by atoms with Gasteiger partial charge in [0.15, 0.2) is 0 Å². The van der Waals surface area contributed by atoms with Crippen LogP contribution in [-0.2, 0) is 6.42 Å². The van der Waals surface area contributed by atoms with E-state index in [1.807, 2.05) is 6.20 Å². The van der Waals surface area contributed by atoms with Crippen LogP contribution in [0.1, 0.15) is 95.0 Å². The number of nitrogens with zero attached hydrogens (tertiary/aromatic N) is 2. The molecular formula is C18H30N2. The standard InChI is InChI=1S/C18H30N2/c1-2-17-14-15-19-18(20-17)16-12-10-8-6-4-3-5-7-9-11-13-16/h14-16H,2-13H2,1H3. The van der Waals surface area contributed by atoms with Crippen molar-refractivity contribution in [1.82, 2.24) is 9.97 Å². The lowest BCUT2D eigenvalue weighted by atomic mass is 9.92. The lowest BCUT2D eigenvalue weighted by Crippen LogP contribution is -2.07. The Bertz CT molecular complexity index is 363. The molecule has 0 aliphatic heterocycles. The van der Waals surface area contributed by atoms with Crippen molar-refractivity contribution in [2.24, 2.45) is 0 Å². The lowest BCUT2D eigenvalue weighted by Gasteiger charge is -2.17. The van der Waals surface area contributed by atoms with Crippen molar-refractivity contribution in [3.8, 4) is 0 Å². The third-order valence-electron chi connectivity index (χ3n) is 4.56. The summed E-state index contributed by atoms with van der Waals surface area (Å²) in [6.45, 7) is 2.17. The summed E-state index contributed by atoms with van der Waals surface area (Å²) in [6.07, 6.45) is 18.2. The van der Waals surface area contributed by atoms with Gasteiger partial charge in [0.25, 0.3) is 0 Å². The SMILES string of the molecule is CCc1ccnc(C2CCCCCCCCCCC2)n1. The average Bonchev–Trinajstić information content (AvgIpc) is 2.48. The molecule has 20 heavy (non-hydrogen) atoms. The monoisotopic (exact) mass is 274 g/mol. The maximum Gasteiger partial charge on any atom is 0.131 e. The van der Waals surface area contributed by atoms with E-state index in [2.05, 4.69) is 18.0 Å². The normalized spacial score (nSPS) is 20.1. The van der Waals surface area contributed by atoms with Crippen LogP contribution >= 0.6 is 0 Å². The zero-order valence-electron chi connectivity index (χ0n) is 13.1. The molecule has 2 heteroatoms. The Morgan fingerprint density at radius 1 is 0.900 bits per heavy atom. The lowest BCUT2D eigenvalue weighted by molar-refractivity contribution is 0.454. The smallest absolute Gasteiger partial charge is 0.131 e. The average molecular weight is 274 g/mol. The highest BCUT2D eigenvalue weighted by Gasteiger charge is 2.15. The summed E-state index contributed by atoms with van der Waals surface area (Å²) in [6, 6.07) is 2.05. The van der Waals surface area contributed by atoms with Gasteiger partial charge in [0, 0.05) is 17.8 Å². The Balaban J connectivity index is 1.97. The topological polar surface area (TPSA) is 25.8 Å². The maximum atomic E-state index is 4.77. The van der Waals surface area contributed by atoms with Crippen LogP contribution in [0.2, 0.25) is 0 Å². The predicted octanol–water partition coefficient (Wildman–Crippen LogP) is 5.43. The minimum atomic E-state index is 0.598. The van der Waals surface area contributed by atoms with Crippen molar-refractivity contribution in [2.75, 3.05) is 0 Å². The Labute approximate surface area is 124 Å². The van der Waals surface area contributed by atoms with Gasteiger partial charge in [0.2, 0.25) is 0 Å². The van der Waals surface area contributed by atoms with E-state index in [-0.39, 0.29) is 0 Å². The van der Waals surface area contributed by atoms with Crippen LogP contribution in [0.15, 0.2) is 12.3 Å². The molecule has 0 saturated heterocycles. The van der Waals surface area contributed by atoms with E-state index in [4.69, 9.17) is 4.98 Å². The van der Waals surface area contributed by atoms with E-state index in [1.54, 1.807) is 0 Å². The van der Waals surface area contributed by atoms with E-state index in [9.17, 15) is 0 Å². The molecule has 0 unspecified atom stereocenters. The van der Waals surface area contributed by atoms with Crippen LogP contribution in [0.4, 0.5) is 0 Å². The van der Waals surface area contributed by atoms with E-state index < -0.39 is 0 Å². The molecule has 0 bridgehead atoms. The summed E-state index contributed by atoms with van der Waals surface area (Å²) in [5.41, 5.74) is 1.20. The summed E-state index contributed by atoms with van der Waals surface area (Å²) in [5, 5.41) is 0. The van der Waals surface area contributed by atoms with Crippen molar-refractivity contribution in [3.63, 3.8) is 0 Å². The summed E-state index contributed by atoms with van der Waals surface area (Å²) in [7, 11) is 0. The number of aromatic nitrogens is 2. The first-order valence-corrected chi connectivity index (χ1v) is 8.72. The number of hydrogen-bond donors (Lipinski definition) is 0. The van der Waals surface area contributed by atoms with E-state index in [1.165, 1.54) is 76.3 Å². The number of hydrogen-bond acceptors (Lipinski definition) is 2. The number of aryl methyl sites for hydroxylation is 1. The second-order valence-corrected chi connectivity index (χ2v) is 6.22. The van der Waals surface area contributed by atoms with Gasteiger partial charge in [0.05, 0.1) is 0 Å². The van der Waals surface area contributed by atoms with Gasteiger partial charge in [-0.2, -0.15) is 0 Å². The molecule has 2 nitrogen and oxygen atoms in total. The summed E-state index contributed by atoms with van der Waals surface area (Å²) in [4.78, 5) is 9.34. The predicted molar refractivity (Wildman–Crippen MR) is 84.9 cm³/mol. The molecule has 1 saturated carbocycles. The molecule has 1 fully saturated rings. The molecular weight excluding hydrogens is 244 g/mol. The molecule has 0 N–H and O–H groups in total. The second-order valence-electron chi connectivity index (χ2n) is 6.22. The Morgan fingerprint density at radius 3 is 2.00 bits per heavy atom. The van der Waals surface area contributed by atoms with Crippen LogP contribution < -0.4 is 0 Å². The van der Waals surface area contributed by atoms with Crippen LogP contribution in [0.5, 0.6) is 0 Å². The van der Waals surface area contributed by atoms with Gasteiger partial charge in [-0.15, -0.1) is 0 Å². The van der Waals surface area contributed by atoms with Gasteiger partial charge >= 0.3 is 0 Å². The molecule has 1 aliphatic rings. The molecule has 1 heterocycles. The highest BCUT2D eigenvalue weighted by Crippen LogP contribution is 2.27. The molecule has 0 amide bonds. The van der Waals surface area contributed by atoms with Crippen molar-refractivity contribution in [2.45, 2.75) is 89.9 Å². The zero-order valence-corrected chi connectivity index (χ0v) is 13.1. The largest absolute Gasteiger partial charge is 0.241 e. The first-order chi connectivity index (χ1) is 9.90. The fraction of sp³-hybridized carbons (Fsp3) is 0.778. The maximum absolute atomic E-state index is 4.77. The van der Waals surface area contributed by atoms with Crippen LogP contribution in [0, 0.1) is 0 Å². The molecule has 1 aromatic heterocycles. The van der Waals surface area contributed by atoms with Crippen molar-refractivity contribution in [1.29, 1.82) is 0 Å². The quantitative estimate of drug-likeness (QED) is 0.719. The molecule has 1 aromatic rings. The molecule has 112 valence electrons. The van der Waals surface area contributed by atoms with Gasteiger partial charge in [0.1, 0.15) is 5.82 Å². The van der Waals surface area contributed by atoms with E-state index in [0.29, 0.717) is 5.92 Å². The summed E-state index contributed by atoms with van der Waals surface area (Å²) < 4.78 is 0. The Kier molecular flexibility index (Phi) is 7.04. The second kappa shape index (κ2) is 9.10. The molecule has 0 aromatic carbocycles. The third-order valence-corrected chi connectivity index (χ3v) is 4.56. The Hall–Kier alpha value is -0.920. The molecule has 1 aliphatic carbocycles. The molecule has 0 atom stereocenters. The van der Waals surface area contributed by atoms with Gasteiger partial charge in [-0.05, 0) is 25.3 Å². The highest BCUT2D eigenvalue weighted by atomic mass is 14.9. The van der Waals surface area contributed by atoms with Crippen LogP contribution in [0.25, 0.3) is 0 Å². The van der Waals surface area contributed by atoms with Gasteiger partial charge in [-0.1, -0.05) is 64.7 Å². The fourth-order valence-corrected chi connectivity index (χ4v) is 3.23. The first-order valence-electron chi connectivity index (χ1n) is 8.72. The molecule has 2 rings (SSSR count).